The van der Waals surface area contributed by atoms with E-state index in [0.29, 0.717) is 0 Å². The molecule has 3 nitrogen and oxygen atoms in total. The third-order valence-electron chi connectivity index (χ3n) is 5.73. The molecule has 0 bridgehead atoms. The highest BCUT2D eigenvalue weighted by Crippen LogP contribution is 2.36. The third-order valence-corrected chi connectivity index (χ3v) is 5.73. The van der Waals surface area contributed by atoms with Crippen molar-refractivity contribution in [3.63, 3.8) is 0 Å². The third kappa shape index (κ3) is 5.32. The quantitative estimate of drug-likeness (QED) is 0.543. The maximum Gasteiger partial charge on any atom is 0.494 e. The minimum atomic E-state index is -0.287. The topological polar surface area (TPSA) is 30.5 Å². The van der Waals surface area contributed by atoms with E-state index in [0.717, 1.165) is 30.9 Å². The van der Waals surface area contributed by atoms with Crippen LogP contribution in [0.3, 0.4) is 0 Å². The van der Waals surface area contributed by atoms with E-state index >= 15 is 0 Å². The van der Waals surface area contributed by atoms with Gasteiger partial charge in [0.05, 0.1) is 11.2 Å². The van der Waals surface area contributed by atoms with Crippen molar-refractivity contribution in [2.45, 2.75) is 78.4 Å². The molecular formula is C21H36BNO2. The van der Waals surface area contributed by atoms with Crippen LogP contribution in [0.25, 0.3) is 0 Å². The van der Waals surface area contributed by atoms with Crippen LogP contribution in [0.1, 0.15) is 66.4 Å². The summed E-state index contributed by atoms with van der Waals surface area (Å²) in [5, 5.41) is 3.52. The summed E-state index contributed by atoms with van der Waals surface area (Å²) < 4.78 is 12.4. The molecule has 0 saturated carbocycles. The lowest BCUT2D eigenvalue weighted by Crippen LogP contribution is -2.41. The summed E-state index contributed by atoms with van der Waals surface area (Å²) in [5.41, 5.74) is 1.94. The van der Waals surface area contributed by atoms with Gasteiger partial charge in [-0.15, -0.1) is 0 Å². The van der Waals surface area contributed by atoms with Gasteiger partial charge in [-0.25, -0.2) is 0 Å². The summed E-state index contributed by atoms with van der Waals surface area (Å²) in [6, 6.07) is 8.76. The van der Waals surface area contributed by atoms with Gasteiger partial charge in [0.25, 0.3) is 0 Å². The molecular weight excluding hydrogens is 309 g/mol. The normalized spacial score (nSPS) is 20.0. The number of hydrogen-bond acceptors (Lipinski definition) is 3. The molecule has 4 heteroatoms. The minimum Gasteiger partial charge on any atom is -0.399 e. The van der Waals surface area contributed by atoms with Crippen molar-refractivity contribution in [1.82, 2.24) is 5.32 Å². The van der Waals surface area contributed by atoms with Crippen molar-refractivity contribution in [2.75, 3.05) is 13.1 Å². The van der Waals surface area contributed by atoms with Gasteiger partial charge in [0, 0.05) is 0 Å². The van der Waals surface area contributed by atoms with E-state index in [4.69, 9.17) is 9.31 Å². The van der Waals surface area contributed by atoms with E-state index in [2.05, 4.69) is 71.1 Å². The Bertz CT molecular complexity index is 528. The van der Waals surface area contributed by atoms with Crippen molar-refractivity contribution in [2.24, 2.45) is 5.92 Å². The van der Waals surface area contributed by atoms with E-state index in [1.54, 1.807) is 0 Å². The summed E-state index contributed by atoms with van der Waals surface area (Å²) >= 11 is 0. The average molecular weight is 345 g/mol. The fourth-order valence-electron chi connectivity index (χ4n) is 3.24. The van der Waals surface area contributed by atoms with Crippen LogP contribution in [0.5, 0.6) is 0 Å². The highest BCUT2D eigenvalue weighted by Gasteiger charge is 2.51. The molecule has 1 aromatic rings. The van der Waals surface area contributed by atoms with Crippen molar-refractivity contribution in [1.29, 1.82) is 0 Å². The van der Waals surface area contributed by atoms with Gasteiger partial charge in [-0.2, -0.15) is 0 Å². The second-order valence-corrected chi connectivity index (χ2v) is 8.35. The number of hydrogen-bond donors (Lipinski definition) is 1. The maximum atomic E-state index is 6.20. The SMILES string of the molecule is CCCNCCC(CC)Cc1cccc(B2OC(C)(C)C(C)(C)O2)c1. The number of nitrogens with one attached hydrogen (secondary N) is 1. The Hall–Kier alpha value is -0.835. The van der Waals surface area contributed by atoms with Crippen molar-refractivity contribution < 1.29 is 9.31 Å². The minimum absolute atomic E-state index is 0.267. The van der Waals surface area contributed by atoms with Crippen LogP contribution in [-0.2, 0) is 15.7 Å². The van der Waals surface area contributed by atoms with Gasteiger partial charge in [0.1, 0.15) is 0 Å². The molecule has 0 radical (unpaired) electrons. The van der Waals surface area contributed by atoms with E-state index in [-0.39, 0.29) is 18.3 Å². The largest absolute Gasteiger partial charge is 0.494 e. The molecule has 0 amide bonds. The Morgan fingerprint density at radius 1 is 1.04 bits per heavy atom. The second-order valence-electron chi connectivity index (χ2n) is 8.35. The molecule has 2 rings (SSSR count). The molecule has 25 heavy (non-hydrogen) atoms. The van der Waals surface area contributed by atoms with E-state index < -0.39 is 0 Å². The monoisotopic (exact) mass is 345 g/mol. The van der Waals surface area contributed by atoms with Crippen LogP contribution in [-0.4, -0.2) is 31.4 Å². The lowest BCUT2D eigenvalue weighted by atomic mass is 9.77. The van der Waals surface area contributed by atoms with Crippen molar-refractivity contribution >= 4 is 12.6 Å². The molecule has 1 aliphatic rings. The Kier molecular flexibility index (Phi) is 7.13. The van der Waals surface area contributed by atoms with Crippen LogP contribution in [0.4, 0.5) is 0 Å². The Morgan fingerprint density at radius 3 is 2.32 bits per heavy atom. The Balaban J connectivity index is 1.99. The molecule has 1 unspecified atom stereocenters. The molecule has 1 aliphatic heterocycles. The average Bonchev–Trinajstić information content (AvgIpc) is 2.78. The van der Waals surface area contributed by atoms with Gasteiger partial charge < -0.3 is 14.6 Å². The van der Waals surface area contributed by atoms with Crippen LogP contribution < -0.4 is 10.8 Å². The van der Waals surface area contributed by atoms with Crippen LogP contribution in [0.2, 0.25) is 0 Å². The zero-order chi connectivity index (χ0) is 18.5. The first-order valence-electron chi connectivity index (χ1n) is 9.94. The first-order chi connectivity index (χ1) is 11.8. The lowest BCUT2D eigenvalue weighted by Gasteiger charge is -2.32. The fraction of sp³-hybridized carbons (Fsp3) is 0.714. The second kappa shape index (κ2) is 8.70. The highest BCUT2D eigenvalue weighted by atomic mass is 16.7. The lowest BCUT2D eigenvalue weighted by molar-refractivity contribution is 0.00578. The standard InChI is InChI=1S/C21H36BNO2/c1-7-13-23-14-12-17(8-2)15-18-10-9-11-19(16-18)22-24-20(3,4)21(5,6)25-22/h9-11,16-17,23H,7-8,12-15H2,1-6H3. The molecule has 1 aromatic carbocycles. The first kappa shape index (κ1) is 20.5. The van der Waals surface area contributed by atoms with Gasteiger partial charge in [-0.3, -0.25) is 0 Å². The Labute approximate surface area is 155 Å². The first-order valence-corrected chi connectivity index (χ1v) is 9.94. The number of rotatable bonds is 9. The summed E-state index contributed by atoms with van der Waals surface area (Å²) in [4.78, 5) is 0. The van der Waals surface area contributed by atoms with Crippen LogP contribution in [0, 0.1) is 5.92 Å². The number of benzene rings is 1. The molecule has 1 saturated heterocycles. The summed E-state index contributed by atoms with van der Waals surface area (Å²) in [6.45, 7) is 15.2. The van der Waals surface area contributed by atoms with Crippen molar-refractivity contribution in [3.8, 4) is 0 Å². The molecule has 0 aromatic heterocycles. The summed E-state index contributed by atoms with van der Waals surface area (Å²) in [6.07, 6.45) is 4.77. The highest BCUT2D eigenvalue weighted by molar-refractivity contribution is 6.62. The van der Waals surface area contributed by atoms with Crippen LogP contribution in [0.15, 0.2) is 24.3 Å². The van der Waals surface area contributed by atoms with Crippen molar-refractivity contribution in [3.05, 3.63) is 29.8 Å². The molecule has 1 fully saturated rings. The van der Waals surface area contributed by atoms with E-state index in [1.807, 2.05) is 0 Å². The molecule has 140 valence electrons. The van der Waals surface area contributed by atoms with Gasteiger partial charge in [-0.1, -0.05) is 44.5 Å². The fourth-order valence-corrected chi connectivity index (χ4v) is 3.24. The zero-order valence-corrected chi connectivity index (χ0v) is 17.0. The molecule has 0 spiro atoms. The van der Waals surface area contributed by atoms with Crippen LogP contribution >= 0.6 is 0 Å². The van der Waals surface area contributed by atoms with E-state index in [1.165, 1.54) is 24.8 Å². The van der Waals surface area contributed by atoms with Gasteiger partial charge >= 0.3 is 7.12 Å². The van der Waals surface area contributed by atoms with Gasteiger partial charge in [-0.05, 0) is 77.0 Å². The molecule has 1 heterocycles. The zero-order valence-electron chi connectivity index (χ0n) is 17.0. The van der Waals surface area contributed by atoms with Gasteiger partial charge in [0.2, 0.25) is 0 Å². The molecule has 0 aliphatic carbocycles. The Morgan fingerprint density at radius 2 is 1.72 bits per heavy atom. The predicted molar refractivity (Wildman–Crippen MR) is 107 cm³/mol. The van der Waals surface area contributed by atoms with E-state index in [9.17, 15) is 0 Å². The molecule has 1 atom stereocenters. The summed E-state index contributed by atoms with van der Waals surface area (Å²) in [5.74, 6) is 0.720. The summed E-state index contributed by atoms with van der Waals surface area (Å²) in [7, 11) is -0.267. The smallest absolute Gasteiger partial charge is 0.399 e. The molecule has 1 N–H and O–H groups in total. The maximum absolute atomic E-state index is 6.20. The van der Waals surface area contributed by atoms with Gasteiger partial charge in [0.15, 0.2) is 0 Å². The predicted octanol–water partition coefficient (Wildman–Crippen LogP) is 3.94.